The van der Waals surface area contributed by atoms with E-state index in [-0.39, 0.29) is 6.04 Å². The third kappa shape index (κ3) is 3.97. The van der Waals surface area contributed by atoms with Gasteiger partial charge in [0.25, 0.3) is 0 Å². The van der Waals surface area contributed by atoms with Gasteiger partial charge >= 0.3 is 0 Å². The molecule has 0 aromatic heterocycles. The van der Waals surface area contributed by atoms with Crippen molar-refractivity contribution in [1.82, 2.24) is 4.72 Å². The molecule has 0 aliphatic heterocycles. The van der Waals surface area contributed by atoms with Crippen LogP contribution in [0.3, 0.4) is 0 Å². The first-order chi connectivity index (χ1) is 9.03. The van der Waals surface area contributed by atoms with Gasteiger partial charge in [-0.15, -0.1) is 0 Å². The van der Waals surface area contributed by atoms with Crippen molar-refractivity contribution < 1.29 is 8.42 Å². The first-order valence-electron chi connectivity index (χ1n) is 6.33. The quantitative estimate of drug-likeness (QED) is 0.891. The zero-order valence-electron chi connectivity index (χ0n) is 10.8. The molecule has 1 fully saturated rings. The minimum Gasteiger partial charge on any atom is -0.207 e. The molecule has 1 aromatic rings. The zero-order valence-corrected chi connectivity index (χ0v) is 14.0. The van der Waals surface area contributed by atoms with Crippen molar-refractivity contribution >= 4 is 37.7 Å². The van der Waals surface area contributed by atoms with Gasteiger partial charge in [-0.25, -0.2) is 13.1 Å². The molecule has 0 radical (unpaired) electrons. The van der Waals surface area contributed by atoms with Crippen molar-refractivity contribution in [2.24, 2.45) is 0 Å². The molecule has 0 amide bonds. The topological polar surface area (TPSA) is 46.2 Å². The number of hydrogen-bond acceptors (Lipinski definition) is 3. The molecule has 2 unspecified atom stereocenters. The molecule has 106 valence electrons. The highest BCUT2D eigenvalue weighted by Crippen LogP contribution is 2.28. The Balaban J connectivity index is 2.14. The lowest BCUT2D eigenvalue weighted by atomic mass is 9.96. The van der Waals surface area contributed by atoms with Gasteiger partial charge in [-0.3, -0.25) is 0 Å². The second-order valence-corrected chi connectivity index (χ2v) is 8.45. The molecule has 1 N–H and O–H groups in total. The number of halogens is 1. The van der Waals surface area contributed by atoms with Crippen LogP contribution < -0.4 is 4.72 Å². The molecule has 19 heavy (non-hydrogen) atoms. The van der Waals surface area contributed by atoms with E-state index in [4.69, 9.17) is 0 Å². The predicted molar refractivity (Wildman–Crippen MR) is 84.0 cm³/mol. The van der Waals surface area contributed by atoms with E-state index >= 15 is 0 Å². The average Bonchev–Trinajstić information content (AvgIpc) is 2.39. The van der Waals surface area contributed by atoms with Crippen LogP contribution in [0.4, 0.5) is 0 Å². The van der Waals surface area contributed by atoms with Gasteiger partial charge in [-0.1, -0.05) is 28.8 Å². The lowest BCUT2D eigenvalue weighted by molar-refractivity contribution is 0.423. The summed E-state index contributed by atoms with van der Waals surface area (Å²) in [7, 11) is -3.40. The van der Waals surface area contributed by atoms with Gasteiger partial charge in [0.15, 0.2) is 0 Å². The molecular formula is C13H18BrNO2S2. The monoisotopic (exact) mass is 363 g/mol. The second kappa shape index (κ2) is 6.61. The molecule has 3 nitrogen and oxygen atoms in total. The van der Waals surface area contributed by atoms with E-state index in [0.29, 0.717) is 10.1 Å². The van der Waals surface area contributed by atoms with Crippen molar-refractivity contribution in [2.75, 3.05) is 6.26 Å². The lowest BCUT2D eigenvalue weighted by Gasteiger charge is -2.30. The van der Waals surface area contributed by atoms with E-state index in [1.807, 2.05) is 0 Å². The predicted octanol–water partition coefficient (Wildman–Crippen LogP) is 3.40. The van der Waals surface area contributed by atoms with Crippen molar-refractivity contribution in [3.8, 4) is 0 Å². The number of thioether (sulfide) groups is 1. The van der Waals surface area contributed by atoms with Crippen LogP contribution >= 0.6 is 27.7 Å². The molecule has 1 saturated carbocycles. The Kier molecular flexibility index (Phi) is 5.34. The van der Waals surface area contributed by atoms with Gasteiger partial charge in [0.05, 0.1) is 4.90 Å². The summed E-state index contributed by atoms with van der Waals surface area (Å²) in [6.45, 7) is 0. The number of benzene rings is 1. The number of rotatable bonds is 4. The molecule has 0 spiro atoms. The Bertz CT molecular complexity index is 516. The highest BCUT2D eigenvalue weighted by atomic mass is 79.9. The first-order valence-corrected chi connectivity index (χ1v) is 9.90. The van der Waals surface area contributed by atoms with E-state index in [9.17, 15) is 8.42 Å². The molecule has 2 atom stereocenters. The molecule has 2 rings (SSSR count). The van der Waals surface area contributed by atoms with Crippen molar-refractivity contribution in [3.63, 3.8) is 0 Å². The Labute approximate surface area is 127 Å². The molecule has 0 saturated heterocycles. The van der Waals surface area contributed by atoms with Gasteiger partial charge in [-0.05, 0) is 43.4 Å². The number of hydrogen-bond donors (Lipinski definition) is 1. The van der Waals surface area contributed by atoms with Crippen LogP contribution in [0, 0.1) is 0 Å². The van der Waals surface area contributed by atoms with Crippen LogP contribution in [0.5, 0.6) is 0 Å². The Morgan fingerprint density at radius 3 is 2.47 bits per heavy atom. The van der Waals surface area contributed by atoms with E-state index < -0.39 is 10.0 Å². The van der Waals surface area contributed by atoms with Crippen molar-refractivity contribution in [2.45, 2.75) is 41.9 Å². The Morgan fingerprint density at radius 1 is 1.21 bits per heavy atom. The third-order valence-electron chi connectivity index (χ3n) is 3.44. The first kappa shape index (κ1) is 15.4. The third-order valence-corrected chi connectivity index (χ3v) is 6.64. The van der Waals surface area contributed by atoms with E-state index in [2.05, 4.69) is 26.9 Å². The van der Waals surface area contributed by atoms with Gasteiger partial charge in [0.2, 0.25) is 10.0 Å². The smallest absolute Gasteiger partial charge is 0.207 e. The fourth-order valence-electron chi connectivity index (χ4n) is 2.39. The van der Waals surface area contributed by atoms with Crippen LogP contribution in [-0.4, -0.2) is 26.0 Å². The molecule has 6 heteroatoms. The summed E-state index contributed by atoms with van der Waals surface area (Å²) in [6, 6.07) is 6.81. The highest BCUT2D eigenvalue weighted by molar-refractivity contribution is 9.10. The zero-order chi connectivity index (χ0) is 13.9. The molecule has 1 aromatic carbocycles. The van der Waals surface area contributed by atoms with Gasteiger partial charge < -0.3 is 0 Å². The summed E-state index contributed by atoms with van der Waals surface area (Å²) < 4.78 is 28.4. The average molecular weight is 364 g/mol. The molecule has 1 aliphatic carbocycles. The SMILES string of the molecule is CSC1CCCCC1NS(=O)(=O)c1ccc(Br)cc1. The van der Waals surface area contributed by atoms with Crippen molar-refractivity contribution in [1.29, 1.82) is 0 Å². The maximum Gasteiger partial charge on any atom is 0.240 e. The summed E-state index contributed by atoms with van der Waals surface area (Å²) in [5.74, 6) is 0. The largest absolute Gasteiger partial charge is 0.240 e. The normalized spacial score (nSPS) is 24.3. The van der Waals surface area contributed by atoms with Crippen molar-refractivity contribution in [3.05, 3.63) is 28.7 Å². The van der Waals surface area contributed by atoms with E-state index in [1.54, 1.807) is 36.0 Å². The molecule has 0 bridgehead atoms. The van der Waals surface area contributed by atoms with E-state index in [1.165, 1.54) is 6.42 Å². The highest BCUT2D eigenvalue weighted by Gasteiger charge is 2.28. The van der Waals surface area contributed by atoms with Crippen LogP contribution in [0.25, 0.3) is 0 Å². The maximum absolute atomic E-state index is 12.3. The van der Waals surface area contributed by atoms with Crippen LogP contribution in [0.15, 0.2) is 33.6 Å². The van der Waals surface area contributed by atoms with Gasteiger partial charge in [0.1, 0.15) is 0 Å². The number of nitrogens with one attached hydrogen (secondary N) is 1. The standard InChI is InChI=1S/C13H18BrNO2S2/c1-18-13-5-3-2-4-12(13)15-19(16,17)11-8-6-10(14)7-9-11/h6-9,12-13,15H,2-5H2,1H3. The number of sulfonamides is 1. The van der Waals surface area contributed by atoms with E-state index in [0.717, 1.165) is 23.7 Å². The summed E-state index contributed by atoms with van der Waals surface area (Å²) in [5.41, 5.74) is 0. The van der Waals surface area contributed by atoms with Gasteiger partial charge in [0, 0.05) is 15.8 Å². The molecule has 1 aliphatic rings. The minimum absolute atomic E-state index is 0.0531. The second-order valence-electron chi connectivity index (χ2n) is 4.74. The summed E-state index contributed by atoms with van der Waals surface area (Å²) in [4.78, 5) is 0.334. The van der Waals surface area contributed by atoms with Crippen LogP contribution in [0.1, 0.15) is 25.7 Å². The lowest BCUT2D eigenvalue weighted by Crippen LogP contribution is -2.43. The maximum atomic E-state index is 12.3. The summed E-state index contributed by atoms with van der Waals surface area (Å²) in [6.07, 6.45) is 6.37. The fraction of sp³-hybridized carbons (Fsp3) is 0.538. The molecule has 0 heterocycles. The Hall–Kier alpha value is -0.0400. The van der Waals surface area contributed by atoms with Crippen LogP contribution in [0.2, 0.25) is 0 Å². The minimum atomic E-state index is -3.40. The molecular weight excluding hydrogens is 346 g/mol. The van der Waals surface area contributed by atoms with Gasteiger partial charge in [-0.2, -0.15) is 11.8 Å². The van der Waals surface area contributed by atoms with Crippen LogP contribution in [-0.2, 0) is 10.0 Å². The summed E-state index contributed by atoms with van der Waals surface area (Å²) >= 11 is 5.07. The Morgan fingerprint density at radius 2 is 1.84 bits per heavy atom. The summed E-state index contributed by atoms with van der Waals surface area (Å²) in [5, 5.41) is 0.388. The fourth-order valence-corrected chi connectivity index (χ4v) is 4.99.